The Bertz CT molecular complexity index is 786. The molecule has 0 fully saturated rings. The molecule has 1 heterocycles. The van der Waals surface area contributed by atoms with Crippen LogP contribution in [-0.2, 0) is 10.0 Å². The van der Waals surface area contributed by atoms with Crippen molar-refractivity contribution in [2.75, 3.05) is 18.1 Å². The number of rotatable bonds is 3. The molecule has 21 heavy (non-hydrogen) atoms. The molecule has 0 radical (unpaired) electrons. The molecule has 0 unspecified atom stereocenters. The van der Waals surface area contributed by atoms with E-state index in [9.17, 15) is 13.5 Å². The predicted molar refractivity (Wildman–Crippen MR) is 81.0 cm³/mol. The molecule has 0 amide bonds. The minimum atomic E-state index is -3.66. The first kappa shape index (κ1) is 13.8. The van der Waals surface area contributed by atoms with Gasteiger partial charge in [0.15, 0.2) is 5.84 Å². The van der Waals surface area contributed by atoms with Crippen LogP contribution in [0.1, 0.15) is 5.56 Å². The Morgan fingerprint density at radius 1 is 1.00 bits per heavy atom. The van der Waals surface area contributed by atoms with Crippen molar-refractivity contribution < 1.29 is 13.5 Å². The minimum Gasteiger partial charge on any atom is -0.395 e. The van der Waals surface area contributed by atoms with Gasteiger partial charge in [0.25, 0.3) is 10.0 Å². The molecule has 0 bridgehead atoms. The van der Waals surface area contributed by atoms with Gasteiger partial charge in [-0.1, -0.05) is 30.3 Å². The highest BCUT2D eigenvalue weighted by Gasteiger charge is 2.31. The van der Waals surface area contributed by atoms with Crippen LogP contribution < -0.4 is 4.90 Å². The lowest BCUT2D eigenvalue weighted by molar-refractivity contribution is 0.306. The highest BCUT2D eigenvalue weighted by atomic mass is 32.2. The van der Waals surface area contributed by atoms with Gasteiger partial charge in [0.1, 0.15) is 4.90 Å². The first-order valence-electron chi connectivity index (χ1n) is 6.51. The van der Waals surface area contributed by atoms with E-state index in [4.69, 9.17) is 0 Å². The van der Waals surface area contributed by atoms with Gasteiger partial charge >= 0.3 is 0 Å². The summed E-state index contributed by atoms with van der Waals surface area (Å²) in [5, 5.41) is 9.29. The van der Waals surface area contributed by atoms with Crippen molar-refractivity contribution in [2.45, 2.75) is 4.90 Å². The molecular weight excluding hydrogens is 288 g/mol. The predicted octanol–water partition coefficient (Wildman–Crippen LogP) is 1.63. The number of sulfonamides is 1. The third-order valence-electron chi connectivity index (χ3n) is 3.26. The molecule has 2 aromatic carbocycles. The van der Waals surface area contributed by atoms with Crippen LogP contribution in [0, 0.1) is 0 Å². The van der Waals surface area contributed by atoms with Gasteiger partial charge in [-0.15, -0.1) is 4.40 Å². The number of fused-ring (bicyclic) bond motifs is 1. The highest BCUT2D eigenvalue weighted by molar-refractivity contribution is 7.90. The summed E-state index contributed by atoms with van der Waals surface area (Å²) < 4.78 is 28.1. The maximum Gasteiger partial charge on any atom is 0.285 e. The van der Waals surface area contributed by atoms with Crippen molar-refractivity contribution in [1.82, 2.24) is 0 Å². The topological polar surface area (TPSA) is 70.0 Å². The molecule has 0 aliphatic carbocycles. The standard InChI is InChI=1S/C15H14N2O3S/c18-11-10-17(12-6-2-1-3-7-12)15-13-8-4-5-9-14(13)21(19,20)16-15/h1-9,18H,10-11H2. The highest BCUT2D eigenvalue weighted by Crippen LogP contribution is 2.29. The quantitative estimate of drug-likeness (QED) is 0.935. The Morgan fingerprint density at radius 3 is 2.38 bits per heavy atom. The van der Waals surface area contributed by atoms with Gasteiger partial charge in [-0.3, -0.25) is 0 Å². The molecule has 0 aromatic heterocycles. The molecule has 5 nitrogen and oxygen atoms in total. The maximum absolute atomic E-state index is 12.1. The van der Waals surface area contributed by atoms with Crippen LogP contribution in [0.25, 0.3) is 0 Å². The monoisotopic (exact) mass is 302 g/mol. The molecule has 0 saturated carbocycles. The van der Waals surface area contributed by atoms with E-state index in [0.717, 1.165) is 5.69 Å². The van der Waals surface area contributed by atoms with Crippen LogP contribution in [0.2, 0.25) is 0 Å². The van der Waals surface area contributed by atoms with Crippen molar-refractivity contribution in [3.05, 3.63) is 60.2 Å². The van der Waals surface area contributed by atoms with Gasteiger partial charge in [-0.2, -0.15) is 8.42 Å². The fourth-order valence-corrected chi connectivity index (χ4v) is 3.56. The summed E-state index contributed by atoms with van der Waals surface area (Å²) in [7, 11) is -3.66. The SMILES string of the molecule is O=S1(=O)N=C(N(CCO)c2ccccc2)c2ccccc21. The van der Waals surface area contributed by atoms with Crippen molar-refractivity contribution in [1.29, 1.82) is 0 Å². The first-order chi connectivity index (χ1) is 10.1. The molecule has 2 aromatic rings. The zero-order valence-electron chi connectivity index (χ0n) is 11.2. The third-order valence-corrected chi connectivity index (χ3v) is 4.58. The van der Waals surface area contributed by atoms with E-state index in [0.29, 0.717) is 11.4 Å². The van der Waals surface area contributed by atoms with Crippen LogP contribution in [0.4, 0.5) is 5.69 Å². The zero-order chi connectivity index (χ0) is 14.9. The normalized spacial score (nSPS) is 15.4. The fraction of sp³-hybridized carbons (Fsp3) is 0.133. The van der Waals surface area contributed by atoms with Gasteiger partial charge in [-0.25, -0.2) is 0 Å². The van der Waals surface area contributed by atoms with E-state index in [1.807, 2.05) is 30.3 Å². The largest absolute Gasteiger partial charge is 0.395 e. The van der Waals surface area contributed by atoms with Crippen molar-refractivity contribution >= 4 is 21.5 Å². The summed E-state index contributed by atoms with van der Waals surface area (Å²) in [5.41, 5.74) is 1.35. The molecule has 1 aliphatic rings. The summed E-state index contributed by atoms with van der Waals surface area (Å²) in [6.45, 7) is 0.169. The van der Waals surface area contributed by atoms with Crippen LogP contribution in [0.3, 0.4) is 0 Å². The van der Waals surface area contributed by atoms with Gasteiger partial charge in [-0.05, 0) is 24.3 Å². The second-order valence-corrected chi connectivity index (χ2v) is 6.17. The first-order valence-corrected chi connectivity index (χ1v) is 7.95. The molecule has 0 atom stereocenters. The Balaban J connectivity index is 2.14. The van der Waals surface area contributed by atoms with E-state index >= 15 is 0 Å². The molecular formula is C15H14N2O3S. The van der Waals surface area contributed by atoms with Gasteiger partial charge in [0, 0.05) is 17.8 Å². The number of aliphatic hydroxyl groups is 1. The minimum absolute atomic E-state index is 0.101. The van der Waals surface area contributed by atoms with Crippen molar-refractivity contribution in [3.8, 4) is 0 Å². The molecule has 0 saturated heterocycles. The van der Waals surface area contributed by atoms with E-state index in [-0.39, 0.29) is 18.0 Å². The average Bonchev–Trinajstić information content (AvgIpc) is 2.78. The van der Waals surface area contributed by atoms with Crippen molar-refractivity contribution in [3.63, 3.8) is 0 Å². The summed E-state index contributed by atoms with van der Waals surface area (Å²) >= 11 is 0. The van der Waals surface area contributed by atoms with E-state index < -0.39 is 10.0 Å². The summed E-state index contributed by atoms with van der Waals surface area (Å²) in [5.74, 6) is 0.353. The Kier molecular flexibility index (Phi) is 3.48. The number of hydrogen-bond donors (Lipinski definition) is 1. The van der Waals surface area contributed by atoms with Crippen LogP contribution in [-0.4, -0.2) is 32.5 Å². The number of anilines is 1. The Morgan fingerprint density at radius 2 is 1.67 bits per heavy atom. The lowest BCUT2D eigenvalue weighted by atomic mass is 10.1. The molecule has 1 N–H and O–H groups in total. The van der Waals surface area contributed by atoms with Gasteiger partial charge in [0.2, 0.25) is 0 Å². The lowest BCUT2D eigenvalue weighted by Gasteiger charge is -2.23. The van der Waals surface area contributed by atoms with Crippen LogP contribution >= 0.6 is 0 Å². The number of aliphatic hydroxyl groups excluding tert-OH is 1. The lowest BCUT2D eigenvalue weighted by Crippen LogP contribution is -2.33. The number of amidine groups is 1. The van der Waals surface area contributed by atoms with Gasteiger partial charge in [0.05, 0.1) is 6.61 Å². The summed E-state index contributed by atoms with van der Waals surface area (Å²) in [6, 6.07) is 16.0. The van der Waals surface area contributed by atoms with Crippen LogP contribution in [0.15, 0.2) is 63.9 Å². The van der Waals surface area contributed by atoms with E-state index in [2.05, 4.69) is 4.40 Å². The van der Waals surface area contributed by atoms with E-state index in [1.165, 1.54) is 0 Å². The maximum atomic E-state index is 12.1. The van der Waals surface area contributed by atoms with Gasteiger partial charge < -0.3 is 10.0 Å². The Labute approximate surface area is 123 Å². The second-order valence-electron chi connectivity index (χ2n) is 4.60. The molecule has 3 rings (SSSR count). The molecule has 1 aliphatic heterocycles. The molecule has 108 valence electrons. The summed E-state index contributed by atoms with van der Waals surface area (Å²) in [6.07, 6.45) is 0. The smallest absolute Gasteiger partial charge is 0.285 e. The number of para-hydroxylation sites is 1. The fourth-order valence-electron chi connectivity index (χ4n) is 2.35. The molecule has 6 heteroatoms. The second kappa shape index (κ2) is 5.31. The Hall–Kier alpha value is -2.18. The average molecular weight is 302 g/mol. The summed E-state index contributed by atoms with van der Waals surface area (Å²) in [4.78, 5) is 1.92. The third kappa shape index (κ3) is 2.43. The molecule has 0 spiro atoms. The van der Waals surface area contributed by atoms with Crippen LogP contribution in [0.5, 0.6) is 0 Å². The zero-order valence-corrected chi connectivity index (χ0v) is 12.0. The number of nitrogens with zero attached hydrogens (tertiary/aromatic N) is 2. The van der Waals surface area contributed by atoms with Crippen molar-refractivity contribution in [2.24, 2.45) is 4.40 Å². The number of benzene rings is 2. The van der Waals surface area contributed by atoms with E-state index in [1.54, 1.807) is 29.2 Å². The number of hydrogen-bond acceptors (Lipinski definition) is 4.